The molecule has 0 spiro atoms. The number of carbonyl (C=O) groups is 1. The van der Waals surface area contributed by atoms with E-state index in [0.29, 0.717) is 17.9 Å². The molecule has 0 aromatic carbocycles. The molecule has 5 aromatic heterocycles. The van der Waals surface area contributed by atoms with Crippen LogP contribution in [-0.4, -0.2) is 35.0 Å². The summed E-state index contributed by atoms with van der Waals surface area (Å²) in [5.74, 6) is 0.572. The van der Waals surface area contributed by atoms with Gasteiger partial charge in [0, 0.05) is 42.1 Å². The molecule has 0 radical (unpaired) electrons. The molecule has 0 bridgehead atoms. The van der Waals surface area contributed by atoms with E-state index in [1.54, 1.807) is 35.5 Å². The highest BCUT2D eigenvalue weighted by Crippen LogP contribution is 2.22. The van der Waals surface area contributed by atoms with Crippen molar-refractivity contribution < 1.29 is 4.79 Å². The lowest BCUT2D eigenvalue weighted by molar-refractivity contribution is 0.0945. The molecule has 8 heteroatoms. The lowest BCUT2D eigenvalue weighted by Crippen LogP contribution is -2.24. The maximum atomic E-state index is 12.5. The molecule has 31 heavy (non-hydrogen) atoms. The number of fused-ring (bicyclic) bond motifs is 1. The van der Waals surface area contributed by atoms with E-state index < -0.39 is 0 Å². The van der Waals surface area contributed by atoms with Crippen LogP contribution < -0.4 is 5.32 Å². The molecule has 5 heterocycles. The molecular weight excluding hydrogens is 390 g/mol. The van der Waals surface area contributed by atoms with Gasteiger partial charge < -0.3 is 9.72 Å². The second kappa shape index (κ2) is 7.83. The Bertz CT molecular complexity index is 1350. The van der Waals surface area contributed by atoms with E-state index in [-0.39, 0.29) is 5.91 Å². The largest absolute Gasteiger partial charge is 0.345 e. The molecule has 0 saturated heterocycles. The van der Waals surface area contributed by atoms with Gasteiger partial charge in [-0.05, 0) is 42.8 Å². The van der Waals surface area contributed by atoms with Crippen molar-refractivity contribution in [3.63, 3.8) is 0 Å². The van der Waals surface area contributed by atoms with E-state index in [1.807, 2.05) is 54.0 Å². The van der Waals surface area contributed by atoms with Gasteiger partial charge in [0.25, 0.3) is 5.91 Å². The monoisotopic (exact) mass is 409 g/mol. The average Bonchev–Trinajstić information content (AvgIpc) is 3.46. The van der Waals surface area contributed by atoms with Crippen molar-refractivity contribution in [3.8, 4) is 16.9 Å². The number of pyridine rings is 2. The Morgan fingerprint density at radius 1 is 1.00 bits per heavy atom. The fourth-order valence-corrected chi connectivity index (χ4v) is 3.32. The van der Waals surface area contributed by atoms with Crippen LogP contribution in [0.1, 0.15) is 21.9 Å². The van der Waals surface area contributed by atoms with Crippen LogP contribution in [0.5, 0.6) is 0 Å². The summed E-state index contributed by atoms with van der Waals surface area (Å²) in [5, 5.41) is 7.30. The molecule has 0 aliphatic carbocycles. The smallest absolute Gasteiger partial charge is 0.272 e. The Hall–Kier alpha value is -4.33. The van der Waals surface area contributed by atoms with Crippen molar-refractivity contribution in [2.24, 2.45) is 0 Å². The Labute approximate surface area is 178 Å². The van der Waals surface area contributed by atoms with E-state index >= 15 is 0 Å². The van der Waals surface area contributed by atoms with Crippen LogP contribution in [0.3, 0.4) is 0 Å². The van der Waals surface area contributed by atoms with Crippen LogP contribution in [0.25, 0.3) is 22.5 Å². The topological polar surface area (TPSA) is 90.0 Å². The van der Waals surface area contributed by atoms with Crippen molar-refractivity contribution in [2.75, 3.05) is 0 Å². The van der Waals surface area contributed by atoms with Crippen LogP contribution in [0.2, 0.25) is 0 Å². The van der Waals surface area contributed by atoms with Crippen molar-refractivity contribution >= 4 is 11.4 Å². The van der Waals surface area contributed by atoms with Crippen molar-refractivity contribution in [2.45, 2.75) is 13.5 Å². The molecule has 0 atom stereocenters. The predicted molar refractivity (Wildman–Crippen MR) is 116 cm³/mol. The van der Waals surface area contributed by atoms with Gasteiger partial charge in [0.1, 0.15) is 5.82 Å². The van der Waals surface area contributed by atoms with Gasteiger partial charge in [0.05, 0.1) is 24.1 Å². The van der Waals surface area contributed by atoms with E-state index in [1.165, 1.54) is 0 Å². The van der Waals surface area contributed by atoms with E-state index in [0.717, 1.165) is 28.2 Å². The first-order valence-corrected chi connectivity index (χ1v) is 9.81. The minimum atomic E-state index is -0.266. The number of hydrogen-bond donors (Lipinski definition) is 1. The summed E-state index contributed by atoms with van der Waals surface area (Å²) in [6.07, 6.45) is 10.7. The summed E-state index contributed by atoms with van der Waals surface area (Å²) < 4.78 is 3.74. The van der Waals surface area contributed by atoms with Gasteiger partial charge in [0.15, 0.2) is 5.69 Å². The lowest BCUT2D eigenvalue weighted by atomic mass is 10.1. The third-order valence-corrected chi connectivity index (χ3v) is 4.95. The maximum absolute atomic E-state index is 12.5. The number of hydrogen-bond acceptors (Lipinski definition) is 5. The summed E-state index contributed by atoms with van der Waals surface area (Å²) in [7, 11) is 0. The summed E-state index contributed by atoms with van der Waals surface area (Å²) in [4.78, 5) is 25.1. The van der Waals surface area contributed by atoms with Gasteiger partial charge in [-0.1, -0.05) is 12.1 Å². The fourth-order valence-electron chi connectivity index (χ4n) is 3.32. The molecule has 0 aliphatic heterocycles. The van der Waals surface area contributed by atoms with Crippen molar-refractivity contribution in [1.82, 2.24) is 34.4 Å². The van der Waals surface area contributed by atoms with Crippen LogP contribution >= 0.6 is 0 Å². The number of aromatic nitrogens is 6. The zero-order valence-corrected chi connectivity index (χ0v) is 16.8. The molecule has 0 fully saturated rings. The highest BCUT2D eigenvalue weighted by atomic mass is 16.1. The molecule has 152 valence electrons. The third kappa shape index (κ3) is 3.78. The number of nitrogens with zero attached hydrogens (tertiary/aromatic N) is 6. The average molecular weight is 409 g/mol. The van der Waals surface area contributed by atoms with Crippen LogP contribution in [0.15, 0.2) is 79.6 Å². The minimum Gasteiger partial charge on any atom is -0.345 e. The molecule has 1 amide bonds. The summed E-state index contributed by atoms with van der Waals surface area (Å²) in [5.41, 5.74) is 4.96. The van der Waals surface area contributed by atoms with Crippen molar-refractivity contribution in [3.05, 3.63) is 96.7 Å². The number of carbonyl (C=O) groups excluding carboxylic acids is 1. The standard InChI is InChI=1S/C23H19N7O/c1-16-11-26-19(13-25-16)14-27-23(31)21-8-10-30(28-21)22-7-6-20-5-4-18(15-29(20)22)17-3-2-9-24-12-17/h2-13,15H,14H2,1H3,(H,27,31). The summed E-state index contributed by atoms with van der Waals surface area (Å²) >= 11 is 0. The number of aryl methyl sites for hydroxylation is 1. The van der Waals surface area contributed by atoms with E-state index in [2.05, 4.69) is 31.4 Å². The fraction of sp³-hybridized carbons (Fsp3) is 0.0870. The molecule has 1 N–H and O–H groups in total. The van der Waals surface area contributed by atoms with Crippen molar-refractivity contribution in [1.29, 1.82) is 0 Å². The zero-order valence-electron chi connectivity index (χ0n) is 16.8. The van der Waals surface area contributed by atoms with Gasteiger partial charge in [0.2, 0.25) is 0 Å². The van der Waals surface area contributed by atoms with Crippen LogP contribution in [-0.2, 0) is 6.54 Å². The molecular formula is C23H19N7O. The zero-order chi connectivity index (χ0) is 21.2. The molecule has 5 rings (SSSR count). The highest BCUT2D eigenvalue weighted by Gasteiger charge is 2.12. The van der Waals surface area contributed by atoms with Gasteiger partial charge in [-0.15, -0.1) is 0 Å². The number of rotatable bonds is 5. The normalized spacial score (nSPS) is 11.0. The quantitative estimate of drug-likeness (QED) is 0.481. The van der Waals surface area contributed by atoms with Gasteiger partial charge in [-0.2, -0.15) is 5.10 Å². The Morgan fingerprint density at radius 3 is 2.71 bits per heavy atom. The highest BCUT2D eigenvalue weighted by molar-refractivity contribution is 5.92. The first kappa shape index (κ1) is 18.7. The van der Waals surface area contributed by atoms with E-state index in [4.69, 9.17) is 0 Å². The summed E-state index contributed by atoms with van der Waals surface area (Å²) in [6.45, 7) is 2.16. The SMILES string of the molecule is Cc1cnc(CNC(=O)c2ccn(-c3ccc4ccc(-c5cccnc5)cn34)n2)cn1. The summed E-state index contributed by atoms with van der Waals surface area (Å²) in [6, 6.07) is 13.7. The lowest BCUT2D eigenvalue weighted by Gasteiger charge is -2.07. The Balaban J connectivity index is 1.38. The molecule has 8 nitrogen and oxygen atoms in total. The molecule has 0 aliphatic rings. The van der Waals surface area contributed by atoms with Crippen LogP contribution in [0, 0.1) is 6.92 Å². The molecule has 5 aromatic rings. The van der Waals surface area contributed by atoms with E-state index in [9.17, 15) is 4.79 Å². The minimum absolute atomic E-state index is 0.266. The third-order valence-electron chi connectivity index (χ3n) is 4.95. The molecule has 0 saturated carbocycles. The predicted octanol–water partition coefficient (Wildman–Crippen LogP) is 3.22. The second-order valence-electron chi connectivity index (χ2n) is 7.12. The van der Waals surface area contributed by atoms with Gasteiger partial charge >= 0.3 is 0 Å². The first-order chi connectivity index (χ1) is 15.2. The second-order valence-corrected chi connectivity index (χ2v) is 7.12. The number of amides is 1. The first-order valence-electron chi connectivity index (χ1n) is 9.81. The Morgan fingerprint density at radius 2 is 1.90 bits per heavy atom. The van der Waals surface area contributed by atoms with Gasteiger partial charge in [-0.25, -0.2) is 4.68 Å². The van der Waals surface area contributed by atoms with Gasteiger partial charge in [-0.3, -0.25) is 19.7 Å². The molecule has 0 unspecified atom stereocenters. The van der Waals surface area contributed by atoms with Crippen LogP contribution in [0.4, 0.5) is 0 Å². The Kier molecular flexibility index (Phi) is 4.72. The number of nitrogens with one attached hydrogen (secondary N) is 1. The maximum Gasteiger partial charge on any atom is 0.272 e.